The van der Waals surface area contributed by atoms with Gasteiger partial charge in [-0.25, -0.2) is 8.78 Å². The number of ether oxygens (including phenoxy) is 1. The maximum Gasteiger partial charge on any atom is 0.310 e. The number of rotatable bonds is 2. The van der Waals surface area contributed by atoms with Gasteiger partial charge in [0.25, 0.3) is 5.91 Å². The molecule has 21 heavy (non-hydrogen) atoms. The van der Waals surface area contributed by atoms with Gasteiger partial charge in [0.05, 0.1) is 18.6 Å². The minimum Gasteiger partial charge on any atom is -0.469 e. The molecular weight excluding hydrogens is 282 g/mol. The molecule has 0 spiro atoms. The van der Waals surface area contributed by atoms with Crippen LogP contribution in [0.2, 0.25) is 0 Å². The standard InChI is InChI=1S/C14H16F2N2O3/c1-21-14(20)8-3-2-4-18(7-8)13(19)9-5-10(15)11(16)6-12(9)17/h5-6,8H,2-4,7,17H2,1H3. The second-order valence-corrected chi connectivity index (χ2v) is 4.97. The predicted octanol–water partition coefficient (Wildman–Crippen LogP) is 1.57. The Morgan fingerprint density at radius 3 is 2.67 bits per heavy atom. The smallest absolute Gasteiger partial charge is 0.310 e. The third kappa shape index (κ3) is 3.12. The molecule has 1 aromatic rings. The van der Waals surface area contributed by atoms with E-state index in [0.29, 0.717) is 19.4 Å². The largest absolute Gasteiger partial charge is 0.469 e. The molecule has 2 N–H and O–H groups in total. The van der Waals surface area contributed by atoms with Gasteiger partial charge in [0.15, 0.2) is 11.6 Å². The number of nitrogens with zero attached hydrogens (tertiary/aromatic N) is 1. The number of amides is 1. The molecule has 114 valence electrons. The number of hydrogen-bond donors (Lipinski definition) is 1. The van der Waals surface area contributed by atoms with Crippen molar-refractivity contribution in [2.45, 2.75) is 12.8 Å². The first kappa shape index (κ1) is 15.2. The summed E-state index contributed by atoms with van der Waals surface area (Å²) >= 11 is 0. The Morgan fingerprint density at radius 1 is 1.33 bits per heavy atom. The summed E-state index contributed by atoms with van der Waals surface area (Å²) in [6.07, 6.45) is 1.26. The highest BCUT2D eigenvalue weighted by Gasteiger charge is 2.30. The Labute approximate surface area is 120 Å². The molecule has 7 heteroatoms. The number of piperidine rings is 1. The summed E-state index contributed by atoms with van der Waals surface area (Å²) in [6.45, 7) is 0.620. The third-order valence-electron chi connectivity index (χ3n) is 3.57. The zero-order chi connectivity index (χ0) is 15.6. The summed E-state index contributed by atoms with van der Waals surface area (Å²) in [6, 6.07) is 1.57. The fourth-order valence-corrected chi connectivity index (χ4v) is 2.44. The van der Waals surface area contributed by atoms with Gasteiger partial charge in [-0.3, -0.25) is 9.59 Å². The second kappa shape index (κ2) is 6.07. The Morgan fingerprint density at radius 2 is 2.00 bits per heavy atom. The zero-order valence-corrected chi connectivity index (χ0v) is 11.6. The molecule has 1 unspecified atom stereocenters. The van der Waals surface area contributed by atoms with E-state index in [1.54, 1.807) is 0 Å². The minimum absolute atomic E-state index is 0.0978. The highest BCUT2D eigenvalue weighted by Crippen LogP contribution is 2.23. The molecule has 0 bridgehead atoms. The van der Waals surface area contributed by atoms with E-state index in [1.165, 1.54) is 12.0 Å². The number of benzene rings is 1. The second-order valence-electron chi connectivity index (χ2n) is 4.97. The maximum absolute atomic E-state index is 13.3. The Bertz CT molecular complexity index is 578. The molecule has 5 nitrogen and oxygen atoms in total. The van der Waals surface area contributed by atoms with E-state index in [9.17, 15) is 18.4 Å². The van der Waals surface area contributed by atoms with Gasteiger partial charge in [0, 0.05) is 24.8 Å². The van der Waals surface area contributed by atoms with Crippen LogP contribution in [-0.4, -0.2) is 37.0 Å². The van der Waals surface area contributed by atoms with Crippen molar-refractivity contribution in [2.24, 2.45) is 5.92 Å². The third-order valence-corrected chi connectivity index (χ3v) is 3.57. The molecule has 1 aromatic carbocycles. The highest BCUT2D eigenvalue weighted by molar-refractivity contribution is 5.99. The van der Waals surface area contributed by atoms with E-state index >= 15 is 0 Å². The molecule has 1 aliphatic rings. The van der Waals surface area contributed by atoms with Crippen LogP contribution in [0, 0.1) is 17.6 Å². The minimum atomic E-state index is -1.13. The van der Waals surface area contributed by atoms with Crippen LogP contribution in [0.3, 0.4) is 0 Å². The lowest BCUT2D eigenvalue weighted by Crippen LogP contribution is -2.42. The SMILES string of the molecule is COC(=O)C1CCCN(C(=O)c2cc(F)c(F)cc2N)C1. The Kier molecular flexibility index (Phi) is 4.40. The van der Waals surface area contributed by atoms with E-state index in [2.05, 4.69) is 4.74 Å². The number of methoxy groups -OCH3 is 1. The number of esters is 1. The first-order valence-corrected chi connectivity index (χ1v) is 6.55. The van der Waals surface area contributed by atoms with E-state index < -0.39 is 23.5 Å². The van der Waals surface area contributed by atoms with Crippen molar-refractivity contribution in [1.82, 2.24) is 4.90 Å². The molecule has 1 atom stereocenters. The number of carbonyl (C=O) groups excluding carboxylic acids is 2. The van der Waals surface area contributed by atoms with Crippen molar-refractivity contribution < 1.29 is 23.1 Å². The number of anilines is 1. The van der Waals surface area contributed by atoms with Gasteiger partial charge in [-0.15, -0.1) is 0 Å². The van der Waals surface area contributed by atoms with Gasteiger partial charge in [0.1, 0.15) is 0 Å². The van der Waals surface area contributed by atoms with E-state index in [1.807, 2.05) is 0 Å². The monoisotopic (exact) mass is 298 g/mol. The summed E-state index contributed by atoms with van der Waals surface area (Å²) in [5, 5.41) is 0. The van der Waals surface area contributed by atoms with Crippen LogP contribution in [0.4, 0.5) is 14.5 Å². The zero-order valence-electron chi connectivity index (χ0n) is 11.6. The average Bonchev–Trinajstić information content (AvgIpc) is 2.49. The van der Waals surface area contributed by atoms with Crippen LogP contribution < -0.4 is 5.73 Å². The number of nitrogens with two attached hydrogens (primary N) is 1. The first-order valence-electron chi connectivity index (χ1n) is 6.55. The lowest BCUT2D eigenvalue weighted by molar-refractivity contribution is -0.146. The molecule has 1 fully saturated rings. The summed E-state index contributed by atoms with van der Waals surface area (Å²) in [4.78, 5) is 25.3. The molecule has 0 aromatic heterocycles. The van der Waals surface area contributed by atoms with Crippen molar-refractivity contribution in [1.29, 1.82) is 0 Å². The fourth-order valence-electron chi connectivity index (χ4n) is 2.44. The van der Waals surface area contributed by atoms with Gasteiger partial charge in [0.2, 0.25) is 0 Å². The number of nitrogen functional groups attached to an aromatic ring is 1. The van der Waals surface area contributed by atoms with Crippen molar-refractivity contribution >= 4 is 17.6 Å². The van der Waals surface area contributed by atoms with Gasteiger partial charge < -0.3 is 15.4 Å². The van der Waals surface area contributed by atoms with Crippen LogP contribution in [0.5, 0.6) is 0 Å². The lowest BCUT2D eigenvalue weighted by atomic mass is 9.97. The van der Waals surface area contributed by atoms with Gasteiger partial charge in [-0.2, -0.15) is 0 Å². The average molecular weight is 298 g/mol. The van der Waals surface area contributed by atoms with Crippen molar-refractivity contribution in [3.05, 3.63) is 29.3 Å². The molecule has 2 rings (SSSR count). The van der Waals surface area contributed by atoms with Gasteiger partial charge in [-0.1, -0.05) is 0 Å². The summed E-state index contributed by atoms with van der Waals surface area (Å²) < 4.78 is 31.0. The molecule has 0 saturated carbocycles. The van der Waals surface area contributed by atoms with Crippen molar-refractivity contribution in [3.8, 4) is 0 Å². The summed E-state index contributed by atoms with van der Waals surface area (Å²) in [5.41, 5.74) is 5.35. The molecule has 1 saturated heterocycles. The quantitative estimate of drug-likeness (QED) is 0.664. The van der Waals surface area contributed by atoms with E-state index in [-0.39, 0.29) is 23.8 Å². The van der Waals surface area contributed by atoms with Crippen LogP contribution in [0.1, 0.15) is 23.2 Å². The summed E-state index contributed by atoms with van der Waals surface area (Å²) in [7, 11) is 1.29. The van der Waals surface area contributed by atoms with Gasteiger partial charge >= 0.3 is 5.97 Å². The molecule has 1 aliphatic heterocycles. The predicted molar refractivity (Wildman–Crippen MR) is 71.4 cm³/mol. The lowest BCUT2D eigenvalue weighted by Gasteiger charge is -2.31. The number of carbonyl (C=O) groups is 2. The van der Waals surface area contributed by atoms with Crippen LogP contribution in [0.25, 0.3) is 0 Å². The molecule has 1 amide bonds. The molecule has 1 heterocycles. The topological polar surface area (TPSA) is 72.6 Å². The van der Waals surface area contributed by atoms with E-state index in [0.717, 1.165) is 12.1 Å². The number of halogens is 2. The van der Waals surface area contributed by atoms with Gasteiger partial charge in [-0.05, 0) is 18.9 Å². The van der Waals surface area contributed by atoms with Crippen LogP contribution in [-0.2, 0) is 9.53 Å². The van der Waals surface area contributed by atoms with Crippen LogP contribution >= 0.6 is 0 Å². The van der Waals surface area contributed by atoms with Crippen molar-refractivity contribution in [2.75, 3.05) is 25.9 Å². The molecule has 0 aliphatic carbocycles. The molecular formula is C14H16F2N2O3. The van der Waals surface area contributed by atoms with Crippen molar-refractivity contribution in [3.63, 3.8) is 0 Å². The Balaban J connectivity index is 2.20. The summed E-state index contributed by atoms with van der Waals surface area (Å²) in [5.74, 6) is -3.53. The fraction of sp³-hybridized carbons (Fsp3) is 0.429. The number of likely N-dealkylation sites (tertiary alicyclic amines) is 1. The Hall–Kier alpha value is -2.18. The number of hydrogen-bond acceptors (Lipinski definition) is 4. The van der Waals surface area contributed by atoms with Crippen LogP contribution in [0.15, 0.2) is 12.1 Å². The highest BCUT2D eigenvalue weighted by atomic mass is 19.2. The normalized spacial score (nSPS) is 18.4. The molecule has 0 radical (unpaired) electrons. The maximum atomic E-state index is 13.3. The van der Waals surface area contributed by atoms with E-state index in [4.69, 9.17) is 5.73 Å². The first-order chi connectivity index (χ1) is 9.93.